The second-order valence-corrected chi connectivity index (χ2v) is 101. The van der Waals surface area contributed by atoms with Gasteiger partial charge in [-0.1, -0.05) is 6.92 Å². The molecule has 0 aliphatic heterocycles. The first-order chi connectivity index (χ1) is 33.8. The van der Waals surface area contributed by atoms with Gasteiger partial charge in [0.1, 0.15) is 0 Å². The Morgan fingerprint density at radius 1 is 0.282 bits per heavy atom. The van der Waals surface area contributed by atoms with E-state index in [-0.39, 0.29) is 12.6 Å². The van der Waals surface area contributed by atoms with Crippen LogP contribution in [0.1, 0.15) is 33.6 Å². The Morgan fingerprint density at radius 2 is 0.462 bits per heavy atom. The minimum Gasteiger partial charge on any atom is -0.465 e. The van der Waals surface area contributed by atoms with Crippen LogP contribution in [0.5, 0.6) is 0 Å². The van der Waals surface area contributed by atoms with E-state index in [1.807, 2.05) is 20.8 Å². The molecule has 0 unspecified atom stereocenters. The molecule has 14 nitrogen and oxygen atoms in total. The Labute approximate surface area is 500 Å². The van der Waals surface area contributed by atoms with E-state index in [1.165, 1.54) is 0 Å². The fraction of sp³-hybridized carbons (Fsp3) is 0.979. The zero-order valence-corrected chi connectivity index (χ0v) is 73.8. The molecule has 0 aromatic rings. The highest BCUT2D eigenvalue weighted by atomic mass is 28.5. The van der Waals surface area contributed by atoms with E-state index in [0.29, 0.717) is 37.0 Å². The molecule has 0 saturated carbocycles. The van der Waals surface area contributed by atoms with E-state index in [1.54, 1.807) is 0 Å². The number of ether oxygens (including phenoxy) is 1. The van der Waals surface area contributed by atoms with E-state index in [4.69, 9.17) is 54.1 Å². The Bertz CT molecular complexity index is 1530. The van der Waals surface area contributed by atoms with Crippen molar-refractivity contribution in [1.29, 1.82) is 0 Å². The van der Waals surface area contributed by atoms with Crippen LogP contribution >= 0.6 is 0 Å². The van der Waals surface area contributed by atoms with Gasteiger partial charge in [0.05, 0.1) is 12.0 Å². The lowest BCUT2D eigenvalue weighted by Crippen LogP contribution is -2.64. The van der Waals surface area contributed by atoms with Gasteiger partial charge in [0.15, 0.2) is 99.8 Å². The minimum atomic E-state index is -3.79. The van der Waals surface area contributed by atoms with Gasteiger partial charge in [-0.05, 0) is 261 Å². The summed E-state index contributed by atoms with van der Waals surface area (Å²) in [6.45, 7) is 80.7. The summed E-state index contributed by atoms with van der Waals surface area (Å²) < 4.78 is 95.8. The molecule has 0 amide bonds. The van der Waals surface area contributed by atoms with E-state index in [9.17, 15) is 4.79 Å². The van der Waals surface area contributed by atoms with Crippen LogP contribution in [0, 0.1) is 5.41 Å². The Hall–Kier alpha value is 2.46. The molecule has 0 spiro atoms. The molecule has 468 valence electrons. The molecule has 0 fully saturated rings. The predicted molar refractivity (Wildman–Crippen MR) is 372 cm³/mol. The largest absolute Gasteiger partial charge is 0.469 e. The van der Waals surface area contributed by atoms with Gasteiger partial charge in [-0.2, -0.15) is 0 Å². The van der Waals surface area contributed by atoms with Crippen LogP contribution in [0.25, 0.3) is 0 Å². The molecule has 0 N–H and O–H groups in total. The van der Waals surface area contributed by atoms with Crippen molar-refractivity contribution < 1.29 is 58.9 Å². The molecule has 0 radical (unpaired) electrons. The van der Waals surface area contributed by atoms with Crippen LogP contribution < -0.4 is 0 Å². The number of carbonyl (C=O) groups is 1. The second kappa shape index (κ2) is 28.7. The van der Waals surface area contributed by atoms with E-state index in [0.717, 1.165) is 18.1 Å². The standard InChI is InChI=1S/C48H128O14Si16/c1-37-48(2,3)47(49)50-39-38-40-75(60-72(31,32)41-44-76(51-63(4,5)6,52-64(7,8)9)53-65(10,11)12,61-73(33,34)42-45-77(54-66(13,14)15,55-67(16,17)18)56-68(19,20)21)62-74(35,36)43-46-78(57-69(22,23)24,58-70(25,26)27)59-71(28,29)30/h37-46H2,1-36H3. The van der Waals surface area contributed by atoms with Crippen LogP contribution in [0.15, 0.2) is 0 Å². The monoisotopic (exact) mass is 1380 g/mol. The first-order valence-electron chi connectivity index (χ1n) is 29.4. The molecule has 0 bridgehead atoms. The van der Waals surface area contributed by atoms with Gasteiger partial charge in [-0.3, -0.25) is 4.79 Å². The molecule has 0 aliphatic rings. The van der Waals surface area contributed by atoms with Crippen molar-refractivity contribution in [2.75, 3.05) is 6.61 Å². The SMILES string of the molecule is CCC(C)(C)C(=O)OCCC[Si](O[Si](C)(C)CC[Si](O[Si](C)(C)C)(O[Si](C)(C)C)O[Si](C)(C)C)(O[Si](C)(C)CC[Si](O[Si](C)(C)C)(O[Si](C)(C)C)O[Si](C)(C)C)O[Si](C)(C)CC[Si](O[Si](C)(C)C)(O[Si](C)(C)C)O[Si](C)(C)C. The van der Waals surface area contributed by atoms with Gasteiger partial charge < -0.3 is 54.1 Å². The molecule has 0 aromatic heterocycles. The summed E-state index contributed by atoms with van der Waals surface area (Å²) >= 11 is 0. The average Bonchev–Trinajstić information content (AvgIpc) is 3.07. The maximum absolute atomic E-state index is 13.6. The second-order valence-electron chi connectivity index (χ2n) is 33.2. The smallest absolute Gasteiger partial charge is 0.465 e. The third-order valence-electron chi connectivity index (χ3n) is 10.8. The zero-order chi connectivity index (χ0) is 62.3. The number of hydrogen-bond acceptors (Lipinski definition) is 14. The van der Waals surface area contributed by atoms with Gasteiger partial charge in [0, 0.05) is 24.2 Å². The zero-order valence-electron chi connectivity index (χ0n) is 57.8. The number of rotatable bonds is 39. The lowest BCUT2D eigenvalue weighted by Gasteiger charge is -2.48. The van der Waals surface area contributed by atoms with E-state index >= 15 is 0 Å². The highest BCUT2D eigenvalue weighted by Gasteiger charge is 2.58. The third-order valence-corrected chi connectivity index (χ3v) is 63.9. The van der Waals surface area contributed by atoms with Crippen molar-refractivity contribution >= 4 is 141 Å². The van der Waals surface area contributed by atoms with Crippen LogP contribution in [0.2, 0.25) is 258 Å². The Kier molecular flexibility index (Phi) is 29.6. The number of esters is 1. The molecule has 0 saturated heterocycles. The molecule has 0 heterocycles. The maximum atomic E-state index is 13.6. The molecule has 0 aromatic carbocycles. The van der Waals surface area contributed by atoms with Crippen LogP contribution in [-0.4, -0.2) is 148 Å². The van der Waals surface area contributed by atoms with Gasteiger partial charge in [0.2, 0.25) is 0 Å². The lowest BCUT2D eigenvalue weighted by atomic mass is 9.91. The van der Waals surface area contributed by atoms with Crippen molar-refractivity contribution in [3.63, 3.8) is 0 Å². The minimum absolute atomic E-state index is 0.199. The quantitative estimate of drug-likeness (QED) is 0.0328. The third kappa shape index (κ3) is 37.2. The van der Waals surface area contributed by atoms with Crippen molar-refractivity contribution in [1.82, 2.24) is 0 Å². The molecule has 78 heavy (non-hydrogen) atoms. The fourth-order valence-electron chi connectivity index (χ4n) is 8.63. The summed E-state index contributed by atoms with van der Waals surface area (Å²) in [7, 11) is -41.5. The number of hydrogen-bond donors (Lipinski definition) is 0. The van der Waals surface area contributed by atoms with Crippen LogP contribution in [0.4, 0.5) is 0 Å². The number of carbonyl (C=O) groups excluding carboxylic acids is 1. The summed E-state index contributed by atoms with van der Waals surface area (Å²) in [5.41, 5.74) is -0.601. The van der Waals surface area contributed by atoms with Crippen LogP contribution in [-0.2, 0) is 58.9 Å². The van der Waals surface area contributed by atoms with Crippen LogP contribution in [0.3, 0.4) is 0 Å². The van der Waals surface area contributed by atoms with Gasteiger partial charge in [-0.15, -0.1) is 0 Å². The molecule has 0 rings (SSSR count). The predicted octanol–water partition coefficient (Wildman–Crippen LogP) is 17.4. The van der Waals surface area contributed by atoms with Crippen molar-refractivity contribution in [2.24, 2.45) is 5.41 Å². The topological polar surface area (TPSA) is 137 Å². The molecule has 30 heteroatoms. The Balaban J connectivity index is 8.61. The summed E-state index contributed by atoms with van der Waals surface area (Å²) in [5.74, 6) is -0.199. The van der Waals surface area contributed by atoms with Gasteiger partial charge >= 0.3 is 41.2 Å². The maximum Gasteiger partial charge on any atom is 0.469 e. The highest BCUT2D eigenvalue weighted by molar-refractivity contribution is 6.95. The van der Waals surface area contributed by atoms with Gasteiger partial charge in [-0.25, -0.2) is 0 Å². The van der Waals surface area contributed by atoms with Crippen molar-refractivity contribution in [3.05, 3.63) is 0 Å². The van der Waals surface area contributed by atoms with E-state index < -0.39 is 140 Å². The van der Waals surface area contributed by atoms with Gasteiger partial charge in [0.25, 0.3) is 0 Å². The average molecular weight is 1380 g/mol. The normalized spacial score (nSPS) is 15.6. The molecule has 0 aliphatic carbocycles. The molecular weight excluding hydrogens is 1250 g/mol. The molecular formula is C48H128O14Si16. The summed E-state index contributed by atoms with van der Waals surface area (Å²) in [6, 6.07) is 4.61. The van der Waals surface area contributed by atoms with Crippen molar-refractivity contribution in [3.8, 4) is 0 Å². The highest BCUT2D eigenvalue weighted by Crippen LogP contribution is 2.41. The molecule has 0 atom stereocenters. The Morgan fingerprint density at radius 3 is 0.628 bits per heavy atom. The first-order valence-corrected chi connectivity index (χ1v) is 77.1. The van der Waals surface area contributed by atoms with Crippen molar-refractivity contribution in [2.45, 2.75) is 292 Å². The summed E-state index contributed by atoms with van der Waals surface area (Å²) in [5, 5.41) is 0. The fourth-order valence-corrected chi connectivity index (χ4v) is 76.4. The first kappa shape index (κ1) is 80.5. The van der Waals surface area contributed by atoms with E-state index in [2.05, 4.69) is 216 Å². The lowest BCUT2D eigenvalue weighted by molar-refractivity contribution is -0.154. The summed E-state index contributed by atoms with van der Waals surface area (Å²) in [6.07, 6.45) is 1.20. The summed E-state index contributed by atoms with van der Waals surface area (Å²) in [4.78, 5) is 13.6.